The van der Waals surface area contributed by atoms with E-state index in [2.05, 4.69) is 6.92 Å². The Labute approximate surface area is 103 Å². The van der Waals surface area contributed by atoms with Crippen LogP contribution >= 0.6 is 0 Å². The Morgan fingerprint density at radius 3 is 2.59 bits per heavy atom. The molecule has 0 unspecified atom stereocenters. The number of rotatable bonds is 5. The SMILES string of the molecule is CCCN(C(=O)c1cc(N)cn1CC)C(C)C. The van der Waals surface area contributed by atoms with Crippen LogP contribution in [0.4, 0.5) is 5.69 Å². The van der Waals surface area contributed by atoms with E-state index in [1.165, 1.54) is 0 Å². The van der Waals surface area contributed by atoms with Gasteiger partial charge < -0.3 is 15.2 Å². The number of aryl methyl sites for hydroxylation is 1. The number of nitrogens with two attached hydrogens (primary N) is 1. The summed E-state index contributed by atoms with van der Waals surface area (Å²) in [5.74, 6) is 0.0698. The molecule has 0 saturated heterocycles. The number of hydrogen-bond acceptors (Lipinski definition) is 2. The minimum atomic E-state index is 0.0698. The Balaban J connectivity index is 3.00. The average molecular weight is 237 g/mol. The summed E-state index contributed by atoms with van der Waals surface area (Å²) >= 11 is 0. The first-order chi connectivity index (χ1) is 8.01. The second kappa shape index (κ2) is 5.75. The molecule has 0 fully saturated rings. The molecule has 0 spiro atoms. The molecule has 2 N–H and O–H groups in total. The minimum Gasteiger partial charge on any atom is -0.397 e. The van der Waals surface area contributed by atoms with Crippen molar-refractivity contribution in [2.45, 2.75) is 46.7 Å². The fourth-order valence-electron chi connectivity index (χ4n) is 1.96. The van der Waals surface area contributed by atoms with Gasteiger partial charge in [-0.1, -0.05) is 6.92 Å². The molecule has 0 bridgehead atoms. The van der Waals surface area contributed by atoms with Crippen LogP contribution in [0.15, 0.2) is 12.3 Å². The summed E-state index contributed by atoms with van der Waals surface area (Å²) < 4.78 is 1.91. The highest BCUT2D eigenvalue weighted by molar-refractivity contribution is 5.94. The average Bonchev–Trinajstić information content (AvgIpc) is 2.66. The zero-order chi connectivity index (χ0) is 13.0. The molecule has 0 saturated carbocycles. The van der Waals surface area contributed by atoms with E-state index < -0.39 is 0 Å². The molecular weight excluding hydrogens is 214 g/mol. The molecule has 1 rings (SSSR count). The van der Waals surface area contributed by atoms with Crippen molar-refractivity contribution in [3.8, 4) is 0 Å². The van der Waals surface area contributed by atoms with Gasteiger partial charge in [0.25, 0.3) is 5.91 Å². The second-order valence-corrected chi connectivity index (χ2v) is 4.54. The zero-order valence-corrected chi connectivity index (χ0v) is 11.2. The molecule has 1 aromatic rings. The summed E-state index contributed by atoms with van der Waals surface area (Å²) in [6, 6.07) is 1.97. The number of nitrogen functional groups attached to an aromatic ring is 1. The van der Waals surface area contributed by atoms with Gasteiger partial charge in [-0.2, -0.15) is 0 Å². The van der Waals surface area contributed by atoms with Gasteiger partial charge >= 0.3 is 0 Å². The number of anilines is 1. The molecule has 4 nitrogen and oxygen atoms in total. The van der Waals surface area contributed by atoms with Crippen LogP contribution < -0.4 is 5.73 Å². The van der Waals surface area contributed by atoms with Gasteiger partial charge in [-0.3, -0.25) is 4.79 Å². The number of amides is 1. The smallest absolute Gasteiger partial charge is 0.270 e. The monoisotopic (exact) mass is 237 g/mol. The minimum absolute atomic E-state index is 0.0698. The molecule has 1 heterocycles. The topological polar surface area (TPSA) is 51.3 Å². The molecule has 0 aliphatic heterocycles. The van der Waals surface area contributed by atoms with Crippen molar-refractivity contribution in [3.05, 3.63) is 18.0 Å². The first kappa shape index (κ1) is 13.6. The van der Waals surface area contributed by atoms with Crippen molar-refractivity contribution in [2.24, 2.45) is 0 Å². The van der Waals surface area contributed by atoms with Crippen LogP contribution in [0, 0.1) is 0 Å². The van der Waals surface area contributed by atoms with Crippen LogP contribution in [0.3, 0.4) is 0 Å². The fraction of sp³-hybridized carbons (Fsp3) is 0.615. The summed E-state index contributed by atoms with van der Waals surface area (Å²) in [6.07, 6.45) is 2.78. The lowest BCUT2D eigenvalue weighted by Gasteiger charge is -2.26. The molecule has 0 aliphatic carbocycles. The van der Waals surface area contributed by atoms with Gasteiger partial charge in [0, 0.05) is 25.3 Å². The van der Waals surface area contributed by atoms with Crippen LogP contribution in [-0.4, -0.2) is 28.0 Å². The van der Waals surface area contributed by atoms with Crippen LogP contribution in [-0.2, 0) is 6.54 Å². The first-order valence-corrected chi connectivity index (χ1v) is 6.27. The van der Waals surface area contributed by atoms with Crippen LogP contribution in [0.1, 0.15) is 44.6 Å². The van der Waals surface area contributed by atoms with Gasteiger partial charge in [0.05, 0.1) is 5.69 Å². The summed E-state index contributed by atoms with van der Waals surface area (Å²) in [5.41, 5.74) is 7.09. The van der Waals surface area contributed by atoms with Crippen molar-refractivity contribution >= 4 is 11.6 Å². The van der Waals surface area contributed by atoms with E-state index in [0.29, 0.717) is 11.4 Å². The Morgan fingerprint density at radius 1 is 1.47 bits per heavy atom. The van der Waals surface area contributed by atoms with Crippen molar-refractivity contribution < 1.29 is 4.79 Å². The third-order valence-electron chi connectivity index (χ3n) is 2.83. The van der Waals surface area contributed by atoms with Gasteiger partial charge in [-0.15, -0.1) is 0 Å². The Kier molecular flexibility index (Phi) is 4.61. The Hall–Kier alpha value is -1.45. The quantitative estimate of drug-likeness (QED) is 0.854. The molecule has 1 aromatic heterocycles. The maximum absolute atomic E-state index is 12.4. The lowest BCUT2D eigenvalue weighted by molar-refractivity contribution is 0.0695. The van der Waals surface area contributed by atoms with E-state index in [4.69, 9.17) is 5.73 Å². The van der Waals surface area contributed by atoms with Crippen molar-refractivity contribution in [1.29, 1.82) is 0 Å². The maximum atomic E-state index is 12.4. The molecule has 1 amide bonds. The van der Waals surface area contributed by atoms with Crippen molar-refractivity contribution in [1.82, 2.24) is 9.47 Å². The largest absolute Gasteiger partial charge is 0.397 e. The highest BCUT2D eigenvalue weighted by Gasteiger charge is 2.21. The highest BCUT2D eigenvalue weighted by atomic mass is 16.2. The molecule has 0 atom stereocenters. The van der Waals surface area contributed by atoms with Gasteiger partial charge in [0.15, 0.2) is 0 Å². The van der Waals surface area contributed by atoms with Crippen LogP contribution in [0.2, 0.25) is 0 Å². The molecule has 0 radical (unpaired) electrons. The number of nitrogens with zero attached hydrogens (tertiary/aromatic N) is 2. The van der Waals surface area contributed by atoms with Gasteiger partial charge in [-0.05, 0) is 33.3 Å². The highest BCUT2D eigenvalue weighted by Crippen LogP contribution is 2.15. The maximum Gasteiger partial charge on any atom is 0.270 e. The number of carbonyl (C=O) groups excluding carboxylic acids is 1. The molecular formula is C13H23N3O. The molecule has 4 heteroatoms. The number of carbonyl (C=O) groups is 1. The number of hydrogen-bond donors (Lipinski definition) is 1. The first-order valence-electron chi connectivity index (χ1n) is 6.27. The van der Waals surface area contributed by atoms with E-state index in [-0.39, 0.29) is 11.9 Å². The van der Waals surface area contributed by atoms with Crippen molar-refractivity contribution in [3.63, 3.8) is 0 Å². The second-order valence-electron chi connectivity index (χ2n) is 4.54. The Bertz CT molecular complexity index is 382. The molecule has 96 valence electrons. The summed E-state index contributed by atoms with van der Waals surface area (Å²) in [5, 5.41) is 0. The number of aromatic nitrogens is 1. The molecule has 0 aliphatic rings. The van der Waals surface area contributed by atoms with E-state index in [0.717, 1.165) is 19.5 Å². The lowest BCUT2D eigenvalue weighted by atomic mass is 10.2. The summed E-state index contributed by atoms with van der Waals surface area (Å²) in [6.45, 7) is 9.71. The molecule has 17 heavy (non-hydrogen) atoms. The summed E-state index contributed by atoms with van der Waals surface area (Å²) in [4.78, 5) is 14.3. The van der Waals surface area contributed by atoms with E-state index in [1.807, 2.05) is 36.4 Å². The van der Waals surface area contributed by atoms with Gasteiger partial charge in [0.1, 0.15) is 5.69 Å². The van der Waals surface area contributed by atoms with E-state index in [1.54, 1.807) is 6.07 Å². The van der Waals surface area contributed by atoms with Crippen LogP contribution in [0.5, 0.6) is 0 Å². The van der Waals surface area contributed by atoms with Gasteiger partial charge in [-0.25, -0.2) is 0 Å². The fourth-order valence-corrected chi connectivity index (χ4v) is 1.96. The summed E-state index contributed by atoms with van der Waals surface area (Å²) in [7, 11) is 0. The lowest BCUT2D eigenvalue weighted by Crippen LogP contribution is -2.38. The normalized spacial score (nSPS) is 10.9. The predicted octanol–water partition coefficient (Wildman–Crippen LogP) is 2.35. The van der Waals surface area contributed by atoms with E-state index >= 15 is 0 Å². The standard InChI is InChI=1S/C13H23N3O/c1-5-7-16(10(3)4)13(17)12-8-11(14)9-15(12)6-2/h8-10H,5-7,14H2,1-4H3. The van der Waals surface area contributed by atoms with Gasteiger partial charge in [0.2, 0.25) is 0 Å². The van der Waals surface area contributed by atoms with E-state index in [9.17, 15) is 4.79 Å². The predicted molar refractivity (Wildman–Crippen MR) is 71.0 cm³/mol. The Morgan fingerprint density at radius 2 is 2.12 bits per heavy atom. The third-order valence-corrected chi connectivity index (χ3v) is 2.83. The van der Waals surface area contributed by atoms with Crippen LogP contribution in [0.25, 0.3) is 0 Å². The van der Waals surface area contributed by atoms with Crippen molar-refractivity contribution in [2.75, 3.05) is 12.3 Å². The zero-order valence-electron chi connectivity index (χ0n) is 11.2. The molecule has 0 aromatic carbocycles. The third kappa shape index (κ3) is 3.02.